The zero-order valence-electron chi connectivity index (χ0n) is 24.8. The molecule has 1 aromatic carbocycles. The number of carbonyl (C=O) groups is 2. The van der Waals surface area contributed by atoms with Crippen molar-refractivity contribution in [2.24, 2.45) is 27.8 Å². The molecule has 5 N–H and O–H groups in total. The number of nitrogens with two attached hydrogens (primary N) is 2. The van der Waals surface area contributed by atoms with Crippen LogP contribution in [0, 0.1) is 11.3 Å². The first-order valence-corrected chi connectivity index (χ1v) is 13.6. The molecule has 4 atom stereocenters. The van der Waals surface area contributed by atoms with Crippen molar-refractivity contribution in [3.8, 4) is 5.75 Å². The molecule has 1 fully saturated rings. The molecule has 3 rings (SSSR count). The van der Waals surface area contributed by atoms with E-state index in [0.29, 0.717) is 36.9 Å². The van der Waals surface area contributed by atoms with Crippen LogP contribution < -0.4 is 21.7 Å². The van der Waals surface area contributed by atoms with Gasteiger partial charge >= 0.3 is 12.1 Å². The van der Waals surface area contributed by atoms with Gasteiger partial charge in [0, 0.05) is 5.56 Å². The topological polar surface area (TPSA) is 147 Å². The van der Waals surface area contributed by atoms with Crippen molar-refractivity contribution in [1.29, 1.82) is 0 Å². The zero-order valence-corrected chi connectivity index (χ0v) is 24.8. The number of ether oxygens (including phenoxy) is 3. The standard InChI is InChI=1S/C29H46N4O6/c1-26(2,3)37-24(34)29(9,39-33-25(35)38-27(4,5)6)22-13-11-17-14-18(10-12-20(17)36-22)23(31)32-21-15-19(16-30)28(21,7)8/h10,12,14,19,21-22H,11,13,15-16,30H2,1-9H3,(H2,31,32)(H,33,35)/t19-,21-,22-,29+/m1/s1. The van der Waals surface area contributed by atoms with Crippen molar-refractivity contribution in [3.63, 3.8) is 0 Å². The number of nitrogens with one attached hydrogen (secondary N) is 1. The van der Waals surface area contributed by atoms with Gasteiger partial charge in [-0.1, -0.05) is 13.8 Å². The Kier molecular flexibility index (Phi) is 8.63. The van der Waals surface area contributed by atoms with Crippen molar-refractivity contribution in [1.82, 2.24) is 5.48 Å². The number of aliphatic imine (C=N–C) groups is 1. The van der Waals surface area contributed by atoms with Gasteiger partial charge < -0.3 is 25.7 Å². The normalized spacial score (nSPS) is 24.4. The molecule has 2 aliphatic rings. The Labute approximate surface area is 232 Å². The van der Waals surface area contributed by atoms with Crippen LogP contribution in [-0.2, 0) is 25.5 Å². The predicted octanol–water partition coefficient (Wildman–Crippen LogP) is 4.02. The molecular formula is C29H46N4O6. The molecule has 1 aliphatic carbocycles. The van der Waals surface area contributed by atoms with Crippen molar-refractivity contribution in [2.75, 3.05) is 6.54 Å². The lowest BCUT2D eigenvalue weighted by molar-refractivity contribution is -0.205. The summed E-state index contributed by atoms with van der Waals surface area (Å²) in [5.74, 6) is 0.869. The fraction of sp³-hybridized carbons (Fsp3) is 0.690. The fourth-order valence-corrected chi connectivity index (χ4v) is 4.85. The SMILES string of the molecule is CC(C)(C)OC(=O)NO[C@](C)(C(=O)OC(C)(C)C)[C@H]1CCc2cc(C(N)=N[C@@H]3C[C@H](CN)C3(C)C)ccc2O1. The van der Waals surface area contributed by atoms with E-state index < -0.39 is 35.0 Å². The van der Waals surface area contributed by atoms with Crippen molar-refractivity contribution in [2.45, 2.75) is 111 Å². The third-order valence-electron chi connectivity index (χ3n) is 7.46. The minimum atomic E-state index is -1.64. The van der Waals surface area contributed by atoms with Crippen LogP contribution in [0.3, 0.4) is 0 Å². The number of nitrogens with zero attached hydrogens (tertiary/aromatic N) is 1. The van der Waals surface area contributed by atoms with E-state index in [4.69, 9.17) is 35.5 Å². The van der Waals surface area contributed by atoms with E-state index in [1.807, 2.05) is 18.2 Å². The Morgan fingerprint density at radius 1 is 1.10 bits per heavy atom. The summed E-state index contributed by atoms with van der Waals surface area (Å²) in [7, 11) is 0. The van der Waals surface area contributed by atoms with Crippen LogP contribution in [0.5, 0.6) is 5.75 Å². The van der Waals surface area contributed by atoms with E-state index in [1.54, 1.807) is 48.5 Å². The van der Waals surface area contributed by atoms with Crippen LogP contribution >= 0.6 is 0 Å². The number of aryl methyl sites for hydroxylation is 1. The van der Waals surface area contributed by atoms with Gasteiger partial charge in [-0.25, -0.2) is 14.4 Å². The number of hydrogen-bond donors (Lipinski definition) is 3. The Bertz CT molecular complexity index is 1100. The van der Waals surface area contributed by atoms with Crippen LogP contribution in [0.1, 0.15) is 86.3 Å². The molecule has 1 amide bonds. The van der Waals surface area contributed by atoms with Crippen LogP contribution in [-0.4, -0.2) is 53.4 Å². The fourth-order valence-electron chi connectivity index (χ4n) is 4.85. The number of carbonyl (C=O) groups excluding carboxylic acids is 2. The van der Waals surface area contributed by atoms with Gasteiger partial charge in [0.15, 0.2) is 0 Å². The van der Waals surface area contributed by atoms with Crippen molar-refractivity contribution in [3.05, 3.63) is 29.3 Å². The summed E-state index contributed by atoms with van der Waals surface area (Å²) in [5, 5.41) is 0. The van der Waals surface area contributed by atoms with E-state index in [9.17, 15) is 9.59 Å². The van der Waals surface area contributed by atoms with Crippen molar-refractivity contribution >= 4 is 17.9 Å². The zero-order chi connectivity index (χ0) is 29.4. The average molecular weight is 547 g/mol. The Morgan fingerprint density at radius 2 is 1.74 bits per heavy atom. The van der Waals surface area contributed by atoms with Gasteiger partial charge in [-0.3, -0.25) is 4.99 Å². The van der Waals surface area contributed by atoms with Gasteiger partial charge in [-0.15, -0.1) is 0 Å². The third kappa shape index (κ3) is 7.22. The second kappa shape index (κ2) is 11.0. The first-order chi connectivity index (χ1) is 17.9. The number of hydrogen-bond acceptors (Lipinski definition) is 8. The third-order valence-corrected chi connectivity index (χ3v) is 7.46. The summed E-state index contributed by atoms with van der Waals surface area (Å²) >= 11 is 0. The first-order valence-electron chi connectivity index (χ1n) is 13.6. The molecule has 1 heterocycles. The molecule has 1 saturated carbocycles. The molecule has 0 unspecified atom stereocenters. The Balaban J connectivity index is 1.79. The number of esters is 1. The first kappa shape index (κ1) is 30.7. The summed E-state index contributed by atoms with van der Waals surface area (Å²) in [6, 6.07) is 5.79. The molecule has 10 heteroatoms. The summed E-state index contributed by atoms with van der Waals surface area (Å²) in [6.45, 7) is 17.0. The van der Waals surface area contributed by atoms with Gasteiger partial charge in [0.1, 0.15) is 28.9 Å². The summed E-state index contributed by atoms with van der Waals surface area (Å²) in [4.78, 5) is 36.1. The van der Waals surface area contributed by atoms with E-state index in [2.05, 4.69) is 19.3 Å². The summed E-state index contributed by atoms with van der Waals surface area (Å²) < 4.78 is 17.2. The van der Waals surface area contributed by atoms with Gasteiger partial charge in [0.25, 0.3) is 0 Å². The Hall–Kier alpha value is -2.85. The molecule has 39 heavy (non-hydrogen) atoms. The molecule has 10 nitrogen and oxygen atoms in total. The molecule has 0 saturated heterocycles. The summed E-state index contributed by atoms with van der Waals surface area (Å²) in [5.41, 5.74) is 13.2. The highest BCUT2D eigenvalue weighted by atomic mass is 16.7. The molecule has 0 bridgehead atoms. The lowest BCUT2D eigenvalue weighted by Crippen LogP contribution is -2.58. The maximum Gasteiger partial charge on any atom is 0.431 e. The van der Waals surface area contributed by atoms with Crippen LogP contribution in [0.15, 0.2) is 23.2 Å². The molecular weight excluding hydrogens is 500 g/mol. The maximum atomic E-state index is 13.3. The lowest BCUT2D eigenvalue weighted by atomic mass is 9.59. The smallest absolute Gasteiger partial charge is 0.431 e. The van der Waals surface area contributed by atoms with E-state index in [-0.39, 0.29) is 11.5 Å². The average Bonchev–Trinajstić information content (AvgIpc) is 2.81. The number of benzene rings is 1. The molecule has 0 aromatic heterocycles. The molecule has 0 radical (unpaired) electrons. The Morgan fingerprint density at radius 3 is 2.31 bits per heavy atom. The van der Waals surface area contributed by atoms with E-state index in [0.717, 1.165) is 17.5 Å². The molecule has 1 aromatic rings. The second-order valence-corrected chi connectivity index (χ2v) is 13.3. The highest BCUT2D eigenvalue weighted by Crippen LogP contribution is 2.47. The van der Waals surface area contributed by atoms with E-state index in [1.165, 1.54) is 0 Å². The van der Waals surface area contributed by atoms with Gasteiger partial charge in [0.05, 0.1) is 6.04 Å². The maximum absolute atomic E-state index is 13.3. The molecule has 218 valence electrons. The molecule has 1 aliphatic heterocycles. The summed E-state index contributed by atoms with van der Waals surface area (Å²) in [6.07, 6.45) is 0.406. The largest absolute Gasteiger partial charge is 0.486 e. The van der Waals surface area contributed by atoms with Crippen molar-refractivity contribution < 1.29 is 28.6 Å². The number of amidine groups is 1. The number of amides is 1. The van der Waals surface area contributed by atoms with Crippen LogP contribution in [0.2, 0.25) is 0 Å². The monoisotopic (exact) mass is 546 g/mol. The van der Waals surface area contributed by atoms with E-state index >= 15 is 0 Å². The number of rotatable bonds is 7. The number of hydroxylamine groups is 1. The predicted molar refractivity (Wildman–Crippen MR) is 149 cm³/mol. The van der Waals surface area contributed by atoms with Crippen LogP contribution in [0.4, 0.5) is 4.79 Å². The highest BCUT2D eigenvalue weighted by molar-refractivity contribution is 5.98. The minimum Gasteiger partial charge on any atom is -0.486 e. The van der Waals surface area contributed by atoms with Gasteiger partial charge in [-0.2, -0.15) is 5.48 Å². The quantitative estimate of drug-likeness (QED) is 0.201. The van der Waals surface area contributed by atoms with Gasteiger partial charge in [0.2, 0.25) is 5.60 Å². The second-order valence-electron chi connectivity index (χ2n) is 13.3. The van der Waals surface area contributed by atoms with Crippen LogP contribution in [0.25, 0.3) is 0 Å². The number of fused-ring (bicyclic) bond motifs is 1. The molecule has 0 spiro atoms. The lowest BCUT2D eigenvalue weighted by Gasteiger charge is -2.49. The van der Waals surface area contributed by atoms with Gasteiger partial charge in [-0.05, 0) is 109 Å². The minimum absolute atomic E-state index is 0.0172. The highest BCUT2D eigenvalue weighted by Gasteiger charge is 2.50.